The third-order valence-corrected chi connectivity index (χ3v) is 3.22. The molecule has 122 valence electrons. The predicted molar refractivity (Wildman–Crippen MR) is 86.3 cm³/mol. The van der Waals surface area contributed by atoms with E-state index in [1.165, 1.54) is 14.2 Å². The minimum Gasteiger partial charge on any atom is -0.493 e. The van der Waals surface area contributed by atoms with Gasteiger partial charge in [0.2, 0.25) is 0 Å². The third-order valence-electron chi connectivity index (χ3n) is 3.22. The lowest BCUT2D eigenvalue weighted by molar-refractivity contribution is 0.0520. The number of methoxy groups -OCH3 is 2. The molecule has 0 aliphatic heterocycles. The molecule has 0 aliphatic carbocycles. The lowest BCUT2D eigenvalue weighted by Crippen LogP contribution is -2.09. The highest BCUT2D eigenvalue weighted by Crippen LogP contribution is 2.35. The van der Waals surface area contributed by atoms with Crippen LogP contribution in [0.1, 0.15) is 22.8 Å². The first kappa shape index (κ1) is 16.7. The number of hydrogen-bond donors (Lipinski definition) is 0. The van der Waals surface area contributed by atoms with Gasteiger partial charge in [0.15, 0.2) is 11.5 Å². The Balaban J connectivity index is 2.32. The van der Waals surface area contributed by atoms with E-state index in [0.717, 1.165) is 5.56 Å². The van der Waals surface area contributed by atoms with Crippen LogP contribution >= 0.6 is 0 Å². The van der Waals surface area contributed by atoms with Gasteiger partial charge >= 0.3 is 5.97 Å². The van der Waals surface area contributed by atoms with Crippen molar-refractivity contribution in [1.29, 1.82) is 0 Å². The molecule has 0 fully saturated rings. The molecule has 0 saturated heterocycles. The minimum atomic E-state index is -0.462. The molecule has 0 amide bonds. The van der Waals surface area contributed by atoms with Crippen molar-refractivity contribution >= 4 is 5.97 Å². The molecule has 23 heavy (non-hydrogen) atoms. The number of ether oxygens (including phenoxy) is 4. The molecule has 0 radical (unpaired) electrons. The summed E-state index contributed by atoms with van der Waals surface area (Å²) >= 11 is 0. The number of hydrogen-bond acceptors (Lipinski definition) is 5. The number of rotatable bonds is 7. The number of esters is 1. The van der Waals surface area contributed by atoms with Crippen molar-refractivity contribution in [3.05, 3.63) is 53.6 Å². The zero-order valence-electron chi connectivity index (χ0n) is 13.5. The maximum Gasteiger partial charge on any atom is 0.342 e. The highest BCUT2D eigenvalue weighted by atomic mass is 16.5. The Hall–Kier alpha value is -2.69. The summed E-state index contributed by atoms with van der Waals surface area (Å²) in [5, 5.41) is 0. The molecule has 0 N–H and O–H groups in total. The van der Waals surface area contributed by atoms with Crippen molar-refractivity contribution < 1.29 is 23.7 Å². The van der Waals surface area contributed by atoms with E-state index in [9.17, 15) is 4.79 Å². The maximum absolute atomic E-state index is 12.1. The standard InChI is InChI=1S/C18H20O5/c1-4-22-18(19)14-10-16(20-2)17(21-3)11-15(14)23-12-13-8-6-5-7-9-13/h5-11H,4,12H2,1-3H3. The van der Waals surface area contributed by atoms with Gasteiger partial charge in [-0.1, -0.05) is 30.3 Å². The van der Waals surface area contributed by atoms with Gasteiger partial charge in [-0.25, -0.2) is 4.79 Å². The van der Waals surface area contributed by atoms with E-state index < -0.39 is 5.97 Å². The summed E-state index contributed by atoms with van der Waals surface area (Å²) in [6.07, 6.45) is 0. The van der Waals surface area contributed by atoms with E-state index in [4.69, 9.17) is 18.9 Å². The first-order chi connectivity index (χ1) is 11.2. The molecule has 0 atom stereocenters. The second-order valence-electron chi connectivity index (χ2n) is 4.70. The summed E-state index contributed by atoms with van der Waals surface area (Å²) in [5.41, 5.74) is 1.30. The van der Waals surface area contributed by atoms with Crippen LogP contribution in [0.3, 0.4) is 0 Å². The fourth-order valence-electron chi connectivity index (χ4n) is 2.08. The number of benzene rings is 2. The van der Waals surface area contributed by atoms with E-state index in [2.05, 4.69) is 0 Å². The first-order valence-electron chi connectivity index (χ1n) is 7.29. The van der Waals surface area contributed by atoms with Crippen LogP contribution in [0.4, 0.5) is 0 Å². The van der Waals surface area contributed by atoms with Gasteiger partial charge in [0.1, 0.15) is 17.9 Å². The fourth-order valence-corrected chi connectivity index (χ4v) is 2.08. The highest BCUT2D eigenvalue weighted by Gasteiger charge is 2.19. The van der Waals surface area contributed by atoms with Crippen LogP contribution in [0.5, 0.6) is 17.2 Å². The fraction of sp³-hybridized carbons (Fsp3) is 0.278. The second kappa shape index (κ2) is 8.08. The highest BCUT2D eigenvalue weighted by molar-refractivity contribution is 5.93. The van der Waals surface area contributed by atoms with Crippen molar-refractivity contribution in [2.24, 2.45) is 0 Å². The summed E-state index contributed by atoms with van der Waals surface area (Å²) in [6.45, 7) is 2.37. The van der Waals surface area contributed by atoms with E-state index in [0.29, 0.717) is 29.4 Å². The molecular weight excluding hydrogens is 296 g/mol. The van der Waals surface area contributed by atoms with Gasteiger partial charge in [-0.3, -0.25) is 0 Å². The molecule has 0 aliphatic rings. The minimum absolute atomic E-state index is 0.283. The van der Waals surface area contributed by atoms with E-state index in [1.807, 2.05) is 30.3 Å². The Kier molecular flexibility index (Phi) is 5.86. The van der Waals surface area contributed by atoms with Gasteiger partial charge in [0, 0.05) is 12.1 Å². The zero-order chi connectivity index (χ0) is 16.7. The lowest BCUT2D eigenvalue weighted by Gasteiger charge is -2.15. The van der Waals surface area contributed by atoms with Crippen LogP contribution in [0.2, 0.25) is 0 Å². The molecule has 0 aromatic heterocycles. The van der Waals surface area contributed by atoms with Gasteiger partial charge in [-0.05, 0) is 12.5 Å². The van der Waals surface area contributed by atoms with E-state index in [-0.39, 0.29) is 6.61 Å². The van der Waals surface area contributed by atoms with E-state index >= 15 is 0 Å². The second-order valence-corrected chi connectivity index (χ2v) is 4.70. The number of carbonyl (C=O) groups excluding carboxylic acids is 1. The molecular formula is C18H20O5. The molecule has 0 heterocycles. The quantitative estimate of drug-likeness (QED) is 0.732. The van der Waals surface area contributed by atoms with Crippen molar-refractivity contribution in [2.45, 2.75) is 13.5 Å². The van der Waals surface area contributed by atoms with Crippen LogP contribution in [0, 0.1) is 0 Å². The molecule has 2 aromatic rings. The zero-order valence-corrected chi connectivity index (χ0v) is 13.5. The SMILES string of the molecule is CCOC(=O)c1cc(OC)c(OC)cc1OCc1ccccc1. The van der Waals surface area contributed by atoms with Crippen LogP contribution in [-0.4, -0.2) is 26.8 Å². The predicted octanol–water partition coefficient (Wildman–Crippen LogP) is 3.46. The van der Waals surface area contributed by atoms with Gasteiger partial charge in [0.25, 0.3) is 0 Å². The Morgan fingerprint density at radius 2 is 1.61 bits per heavy atom. The Morgan fingerprint density at radius 3 is 2.22 bits per heavy atom. The van der Waals surface area contributed by atoms with Crippen LogP contribution < -0.4 is 14.2 Å². The van der Waals surface area contributed by atoms with Gasteiger partial charge in [0.05, 0.1) is 20.8 Å². The molecule has 0 bridgehead atoms. The summed E-state index contributed by atoms with van der Waals surface area (Å²) < 4.78 is 21.4. The van der Waals surface area contributed by atoms with Gasteiger partial charge in [-0.15, -0.1) is 0 Å². The monoisotopic (exact) mass is 316 g/mol. The van der Waals surface area contributed by atoms with Crippen molar-refractivity contribution in [3.8, 4) is 17.2 Å². The molecule has 5 heteroatoms. The lowest BCUT2D eigenvalue weighted by atomic mass is 10.1. The third kappa shape index (κ3) is 4.16. The molecule has 2 rings (SSSR count). The summed E-state index contributed by atoms with van der Waals surface area (Å²) in [7, 11) is 3.04. The van der Waals surface area contributed by atoms with Crippen molar-refractivity contribution in [2.75, 3.05) is 20.8 Å². The average Bonchev–Trinajstić information content (AvgIpc) is 2.60. The molecule has 5 nitrogen and oxygen atoms in total. The Labute approximate surface area is 135 Å². The van der Waals surface area contributed by atoms with Crippen molar-refractivity contribution in [3.63, 3.8) is 0 Å². The summed E-state index contributed by atoms with van der Waals surface area (Å²) in [4.78, 5) is 12.1. The normalized spacial score (nSPS) is 10.0. The Morgan fingerprint density at radius 1 is 0.957 bits per heavy atom. The topological polar surface area (TPSA) is 54.0 Å². The van der Waals surface area contributed by atoms with Crippen molar-refractivity contribution in [1.82, 2.24) is 0 Å². The van der Waals surface area contributed by atoms with Crippen LogP contribution in [0.25, 0.3) is 0 Å². The molecule has 0 unspecified atom stereocenters. The van der Waals surface area contributed by atoms with Gasteiger partial charge in [-0.2, -0.15) is 0 Å². The Bertz CT molecular complexity index is 652. The molecule has 2 aromatic carbocycles. The molecule has 0 spiro atoms. The summed E-state index contributed by atoms with van der Waals surface area (Å²) in [6, 6.07) is 12.9. The van der Waals surface area contributed by atoms with Crippen LogP contribution in [0.15, 0.2) is 42.5 Å². The first-order valence-corrected chi connectivity index (χ1v) is 7.29. The van der Waals surface area contributed by atoms with Gasteiger partial charge < -0.3 is 18.9 Å². The molecule has 0 saturated carbocycles. The number of carbonyl (C=O) groups is 1. The van der Waals surface area contributed by atoms with Crippen LogP contribution in [-0.2, 0) is 11.3 Å². The smallest absolute Gasteiger partial charge is 0.342 e. The largest absolute Gasteiger partial charge is 0.493 e. The average molecular weight is 316 g/mol. The van der Waals surface area contributed by atoms with E-state index in [1.54, 1.807) is 19.1 Å². The maximum atomic E-state index is 12.1. The summed E-state index contributed by atoms with van der Waals surface area (Å²) in [5.74, 6) is 0.868.